The fraction of sp³-hybridized carbons (Fsp3) is 0.188. The van der Waals surface area contributed by atoms with Gasteiger partial charge >= 0.3 is 5.97 Å². The zero-order valence-corrected chi connectivity index (χ0v) is 14.3. The largest absolute Gasteiger partial charge is 0.480 e. The Kier molecular flexibility index (Phi) is 5.07. The summed E-state index contributed by atoms with van der Waals surface area (Å²) in [4.78, 5) is 21.3. The lowest BCUT2D eigenvalue weighted by Crippen LogP contribution is -2.44. The van der Waals surface area contributed by atoms with Gasteiger partial charge < -0.3 is 5.11 Å². The van der Waals surface area contributed by atoms with Gasteiger partial charge in [0.2, 0.25) is 0 Å². The lowest BCUT2D eigenvalue weighted by Gasteiger charge is -2.29. The van der Waals surface area contributed by atoms with Crippen molar-refractivity contribution in [3.63, 3.8) is 0 Å². The molecular weight excluding hydrogens is 348 g/mol. The molecule has 0 saturated heterocycles. The summed E-state index contributed by atoms with van der Waals surface area (Å²) in [7, 11) is -4.49. The van der Waals surface area contributed by atoms with Gasteiger partial charge in [-0.25, -0.2) is 13.2 Å². The van der Waals surface area contributed by atoms with E-state index >= 15 is 0 Å². The minimum absolute atomic E-state index is 0.149. The number of nitro groups is 1. The third-order valence-electron chi connectivity index (χ3n) is 3.66. The number of benzene rings is 2. The third-order valence-corrected chi connectivity index (χ3v) is 5.59. The molecule has 8 nitrogen and oxygen atoms in total. The summed E-state index contributed by atoms with van der Waals surface area (Å²) in [6.45, 7) is 2.84. The van der Waals surface area contributed by atoms with Gasteiger partial charge in [-0.05, 0) is 31.5 Å². The summed E-state index contributed by atoms with van der Waals surface area (Å²) in [5.41, 5.74) is 0.0620. The lowest BCUT2D eigenvalue weighted by atomic mass is 10.2. The quantitative estimate of drug-likeness (QED) is 0.622. The molecule has 2 aromatic rings. The standard InChI is InChI=1S/C16H16N2O6S/c1-11-7-3-4-8-13(11)17(12(2)16(19)20)25(23,24)15-10-6-5-9-14(15)18(21)22/h3-10,12H,1-2H3,(H,19,20). The number of aliphatic carboxylic acids is 1. The first-order valence-electron chi connectivity index (χ1n) is 7.24. The average Bonchev–Trinajstić information content (AvgIpc) is 2.56. The highest BCUT2D eigenvalue weighted by atomic mass is 32.2. The van der Waals surface area contributed by atoms with Crippen LogP contribution in [0.15, 0.2) is 53.4 Å². The van der Waals surface area contributed by atoms with Crippen LogP contribution in [0.3, 0.4) is 0 Å². The normalized spacial score (nSPS) is 12.4. The molecule has 2 rings (SSSR count). The van der Waals surface area contributed by atoms with Gasteiger partial charge in [0.1, 0.15) is 6.04 Å². The number of rotatable bonds is 6. The van der Waals surface area contributed by atoms with Crippen LogP contribution in [0.1, 0.15) is 12.5 Å². The van der Waals surface area contributed by atoms with E-state index in [2.05, 4.69) is 0 Å². The fourth-order valence-corrected chi connectivity index (χ4v) is 4.23. The number of anilines is 1. The van der Waals surface area contributed by atoms with E-state index in [1.807, 2.05) is 0 Å². The molecule has 0 aromatic heterocycles. The monoisotopic (exact) mass is 364 g/mol. The number of para-hydroxylation sites is 2. The van der Waals surface area contributed by atoms with Crippen LogP contribution in [-0.2, 0) is 14.8 Å². The molecular formula is C16H16N2O6S. The number of nitrogens with zero attached hydrogens (tertiary/aromatic N) is 2. The van der Waals surface area contributed by atoms with Crippen molar-refractivity contribution in [1.82, 2.24) is 0 Å². The maximum atomic E-state index is 13.1. The van der Waals surface area contributed by atoms with Crippen molar-refractivity contribution in [2.24, 2.45) is 0 Å². The number of aryl methyl sites for hydroxylation is 1. The van der Waals surface area contributed by atoms with Crippen molar-refractivity contribution >= 4 is 27.4 Å². The van der Waals surface area contributed by atoms with Crippen molar-refractivity contribution in [1.29, 1.82) is 0 Å². The van der Waals surface area contributed by atoms with Crippen molar-refractivity contribution in [2.75, 3.05) is 4.31 Å². The molecule has 2 aromatic carbocycles. The van der Waals surface area contributed by atoms with Crippen molar-refractivity contribution in [3.8, 4) is 0 Å². The van der Waals surface area contributed by atoms with Crippen LogP contribution in [0.5, 0.6) is 0 Å². The predicted octanol–water partition coefficient (Wildman–Crippen LogP) is 2.57. The molecule has 25 heavy (non-hydrogen) atoms. The number of hydrogen-bond donors (Lipinski definition) is 1. The molecule has 1 N–H and O–H groups in total. The molecule has 0 aliphatic rings. The molecule has 0 fully saturated rings. The van der Waals surface area contributed by atoms with Crippen LogP contribution in [0.4, 0.5) is 11.4 Å². The molecule has 132 valence electrons. The number of nitro benzene ring substituents is 1. The Morgan fingerprint density at radius 2 is 1.72 bits per heavy atom. The van der Waals surface area contributed by atoms with E-state index in [0.717, 1.165) is 12.1 Å². The summed E-state index contributed by atoms with van der Waals surface area (Å²) in [6.07, 6.45) is 0. The summed E-state index contributed by atoms with van der Waals surface area (Å²) in [6, 6.07) is 9.73. The smallest absolute Gasteiger partial charge is 0.327 e. The molecule has 0 aliphatic heterocycles. The zero-order chi connectivity index (χ0) is 18.8. The number of sulfonamides is 1. The maximum absolute atomic E-state index is 13.1. The molecule has 9 heteroatoms. The van der Waals surface area contributed by atoms with Crippen LogP contribution in [0.25, 0.3) is 0 Å². The van der Waals surface area contributed by atoms with Crippen molar-refractivity contribution < 1.29 is 23.2 Å². The average molecular weight is 364 g/mol. The van der Waals surface area contributed by atoms with Gasteiger partial charge in [0.05, 0.1) is 10.6 Å². The summed E-state index contributed by atoms with van der Waals surface area (Å²) in [5.74, 6) is -1.37. The van der Waals surface area contributed by atoms with Gasteiger partial charge in [0.25, 0.3) is 15.7 Å². The Hall–Kier alpha value is -2.94. The second-order valence-corrected chi connectivity index (χ2v) is 7.11. The Labute approximate surface area is 144 Å². The van der Waals surface area contributed by atoms with Crippen LogP contribution in [0, 0.1) is 17.0 Å². The molecule has 0 amide bonds. The topological polar surface area (TPSA) is 118 Å². The molecule has 0 heterocycles. The second kappa shape index (κ2) is 6.89. The highest BCUT2D eigenvalue weighted by Gasteiger charge is 2.37. The zero-order valence-electron chi connectivity index (χ0n) is 13.5. The maximum Gasteiger partial charge on any atom is 0.327 e. The number of carboxylic acids is 1. The lowest BCUT2D eigenvalue weighted by molar-refractivity contribution is -0.387. The van der Waals surface area contributed by atoms with Gasteiger partial charge in [-0.1, -0.05) is 30.3 Å². The van der Waals surface area contributed by atoms with Crippen molar-refractivity contribution in [2.45, 2.75) is 24.8 Å². The van der Waals surface area contributed by atoms with Crippen molar-refractivity contribution in [3.05, 3.63) is 64.2 Å². The molecule has 0 radical (unpaired) electrons. The molecule has 0 aliphatic carbocycles. The third kappa shape index (κ3) is 3.45. The van der Waals surface area contributed by atoms with Gasteiger partial charge in [0, 0.05) is 6.07 Å². The van der Waals surface area contributed by atoms with Crippen LogP contribution >= 0.6 is 0 Å². The predicted molar refractivity (Wildman–Crippen MR) is 91.0 cm³/mol. The summed E-state index contributed by atoms with van der Waals surface area (Å²) < 4.78 is 26.9. The van der Waals surface area contributed by atoms with Gasteiger partial charge in [0.15, 0.2) is 4.90 Å². The summed E-state index contributed by atoms with van der Waals surface area (Å²) >= 11 is 0. The fourth-order valence-electron chi connectivity index (χ4n) is 2.39. The van der Waals surface area contributed by atoms with Crippen LogP contribution < -0.4 is 4.31 Å². The SMILES string of the molecule is Cc1ccccc1N(C(C)C(=O)O)S(=O)(=O)c1ccccc1[N+](=O)[O-]. The van der Waals surface area contributed by atoms with E-state index in [4.69, 9.17) is 0 Å². The number of hydrogen-bond acceptors (Lipinski definition) is 5. The van der Waals surface area contributed by atoms with Crippen LogP contribution in [-0.4, -0.2) is 30.5 Å². The van der Waals surface area contributed by atoms with Crippen LogP contribution in [0.2, 0.25) is 0 Å². The van der Waals surface area contributed by atoms with Gasteiger partial charge in [-0.3, -0.25) is 14.4 Å². The Bertz CT molecular complexity index is 926. The second-order valence-electron chi connectivity index (χ2n) is 5.33. The first kappa shape index (κ1) is 18.4. The van der Waals surface area contributed by atoms with E-state index < -0.39 is 37.5 Å². The minimum Gasteiger partial charge on any atom is -0.480 e. The molecule has 1 unspecified atom stereocenters. The van der Waals surface area contributed by atoms with E-state index in [1.165, 1.54) is 25.1 Å². The van der Waals surface area contributed by atoms with E-state index in [-0.39, 0.29) is 5.69 Å². The minimum atomic E-state index is -4.49. The Morgan fingerprint density at radius 3 is 2.28 bits per heavy atom. The molecule has 0 spiro atoms. The Balaban J connectivity index is 2.76. The first-order valence-corrected chi connectivity index (χ1v) is 8.68. The van der Waals surface area contributed by atoms with E-state index in [0.29, 0.717) is 9.87 Å². The molecule has 1 atom stereocenters. The highest BCUT2D eigenvalue weighted by molar-refractivity contribution is 7.93. The number of carboxylic acid groups (broad SMARTS) is 1. The number of carbonyl (C=O) groups is 1. The van der Waals surface area contributed by atoms with Gasteiger partial charge in [-0.2, -0.15) is 0 Å². The van der Waals surface area contributed by atoms with E-state index in [1.54, 1.807) is 25.1 Å². The highest BCUT2D eigenvalue weighted by Crippen LogP contribution is 2.32. The molecule has 0 bridgehead atoms. The Morgan fingerprint density at radius 1 is 1.16 bits per heavy atom. The molecule has 0 saturated carbocycles. The first-order chi connectivity index (χ1) is 11.7. The van der Waals surface area contributed by atoms with Gasteiger partial charge in [-0.15, -0.1) is 0 Å². The van der Waals surface area contributed by atoms with E-state index in [9.17, 15) is 28.4 Å². The summed E-state index contributed by atoms with van der Waals surface area (Å²) in [5, 5.41) is 20.6.